The molecule has 0 amide bonds. The summed E-state index contributed by atoms with van der Waals surface area (Å²) >= 11 is 7.65. The zero-order valence-corrected chi connectivity index (χ0v) is 10.0. The molecule has 0 saturated heterocycles. The second kappa shape index (κ2) is 4.43. The molecular weight excluding hydrogens is 202 g/mol. The van der Waals surface area contributed by atoms with Crippen molar-refractivity contribution >= 4 is 22.9 Å². The van der Waals surface area contributed by atoms with Gasteiger partial charge in [0.1, 0.15) is 0 Å². The number of alkyl halides is 1. The number of thiazole rings is 1. The van der Waals surface area contributed by atoms with Crippen LogP contribution in [0.4, 0.5) is 0 Å². The highest BCUT2D eigenvalue weighted by Crippen LogP contribution is 2.28. The fourth-order valence-electron chi connectivity index (χ4n) is 1.19. The van der Waals surface area contributed by atoms with Crippen LogP contribution < -0.4 is 0 Å². The van der Waals surface area contributed by atoms with Crippen molar-refractivity contribution in [3.63, 3.8) is 0 Å². The van der Waals surface area contributed by atoms with Crippen LogP contribution in [-0.4, -0.2) is 10.9 Å². The standard InChI is InChI=1S/C10H16ClNS/c1-4-10(3,7-11)5-9-6-13-8(2)12-9/h6H,4-5,7H2,1-3H3. The molecule has 0 aliphatic carbocycles. The summed E-state index contributed by atoms with van der Waals surface area (Å²) in [6, 6.07) is 0. The minimum atomic E-state index is 0.210. The molecule has 0 aromatic carbocycles. The maximum atomic E-state index is 5.94. The lowest BCUT2D eigenvalue weighted by Gasteiger charge is -2.23. The first-order valence-electron chi connectivity index (χ1n) is 4.56. The topological polar surface area (TPSA) is 12.9 Å². The van der Waals surface area contributed by atoms with Crippen LogP contribution in [0.25, 0.3) is 0 Å². The van der Waals surface area contributed by atoms with Crippen LogP contribution in [0, 0.1) is 12.3 Å². The molecule has 1 rings (SSSR count). The number of rotatable bonds is 4. The molecule has 0 bridgehead atoms. The Labute approximate surface area is 89.1 Å². The highest BCUT2D eigenvalue weighted by Gasteiger charge is 2.22. The van der Waals surface area contributed by atoms with E-state index in [0.717, 1.165) is 17.8 Å². The SMILES string of the molecule is CCC(C)(CCl)Cc1csc(C)n1. The molecule has 1 atom stereocenters. The predicted octanol–water partition coefficient (Wildman–Crippen LogP) is 3.65. The van der Waals surface area contributed by atoms with Gasteiger partial charge >= 0.3 is 0 Å². The number of aromatic nitrogens is 1. The monoisotopic (exact) mass is 217 g/mol. The Hall–Kier alpha value is -0.0800. The normalized spacial score (nSPS) is 15.7. The number of hydrogen-bond donors (Lipinski definition) is 0. The Morgan fingerprint density at radius 2 is 2.31 bits per heavy atom. The van der Waals surface area contributed by atoms with Crippen LogP contribution in [-0.2, 0) is 6.42 Å². The molecule has 1 nitrogen and oxygen atoms in total. The zero-order chi connectivity index (χ0) is 9.90. The van der Waals surface area contributed by atoms with Crippen LogP contribution in [0.2, 0.25) is 0 Å². The van der Waals surface area contributed by atoms with Gasteiger partial charge in [-0.3, -0.25) is 0 Å². The first-order chi connectivity index (χ1) is 6.09. The Balaban J connectivity index is 2.67. The van der Waals surface area contributed by atoms with Gasteiger partial charge in [-0.05, 0) is 25.2 Å². The molecule has 0 fully saturated rings. The molecule has 1 aromatic heterocycles. The van der Waals surface area contributed by atoms with Crippen molar-refractivity contribution in [3.8, 4) is 0 Å². The van der Waals surface area contributed by atoms with Crippen molar-refractivity contribution in [2.75, 3.05) is 5.88 Å². The van der Waals surface area contributed by atoms with E-state index in [1.54, 1.807) is 11.3 Å². The summed E-state index contributed by atoms with van der Waals surface area (Å²) in [6.45, 7) is 6.44. The van der Waals surface area contributed by atoms with Crippen LogP contribution in [0.3, 0.4) is 0 Å². The zero-order valence-electron chi connectivity index (χ0n) is 8.43. The molecule has 0 N–H and O–H groups in total. The Kier molecular flexibility index (Phi) is 3.74. The maximum absolute atomic E-state index is 5.94. The summed E-state index contributed by atoms with van der Waals surface area (Å²) in [5.74, 6) is 0.708. The molecule has 1 aromatic rings. The molecule has 13 heavy (non-hydrogen) atoms. The number of aryl methyl sites for hydroxylation is 1. The van der Waals surface area contributed by atoms with Crippen molar-refractivity contribution in [1.29, 1.82) is 0 Å². The summed E-state index contributed by atoms with van der Waals surface area (Å²) in [4.78, 5) is 4.45. The lowest BCUT2D eigenvalue weighted by Crippen LogP contribution is -2.20. The van der Waals surface area contributed by atoms with E-state index in [2.05, 4.69) is 24.2 Å². The number of nitrogens with zero attached hydrogens (tertiary/aromatic N) is 1. The fraction of sp³-hybridized carbons (Fsp3) is 0.700. The minimum absolute atomic E-state index is 0.210. The lowest BCUT2D eigenvalue weighted by atomic mass is 9.85. The third-order valence-electron chi connectivity index (χ3n) is 2.45. The van der Waals surface area contributed by atoms with Gasteiger partial charge in [0.15, 0.2) is 0 Å². The van der Waals surface area contributed by atoms with Crippen molar-refractivity contribution in [2.45, 2.75) is 33.6 Å². The van der Waals surface area contributed by atoms with Crippen LogP contribution >= 0.6 is 22.9 Å². The third-order valence-corrected chi connectivity index (χ3v) is 3.92. The van der Waals surface area contributed by atoms with E-state index in [0.29, 0.717) is 5.88 Å². The number of halogens is 1. The minimum Gasteiger partial charge on any atom is -0.247 e. The smallest absolute Gasteiger partial charge is 0.0897 e. The summed E-state index contributed by atoms with van der Waals surface area (Å²) in [5, 5.41) is 3.28. The van der Waals surface area contributed by atoms with Crippen molar-refractivity contribution in [2.24, 2.45) is 5.41 Å². The van der Waals surface area contributed by atoms with Gasteiger partial charge in [-0.1, -0.05) is 13.8 Å². The Morgan fingerprint density at radius 3 is 2.69 bits per heavy atom. The lowest BCUT2D eigenvalue weighted by molar-refractivity contribution is 0.352. The summed E-state index contributed by atoms with van der Waals surface area (Å²) in [6.07, 6.45) is 2.10. The van der Waals surface area contributed by atoms with Gasteiger partial charge in [0, 0.05) is 11.3 Å². The molecule has 0 radical (unpaired) electrons. The average molecular weight is 218 g/mol. The van der Waals surface area contributed by atoms with E-state index in [4.69, 9.17) is 11.6 Å². The van der Waals surface area contributed by atoms with Crippen molar-refractivity contribution < 1.29 is 0 Å². The summed E-state index contributed by atoms with van der Waals surface area (Å²) in [5.41, 5.74) is 1.40. The van der Waals surface area contributed by atoms with Gasteiger partial charge < -0.3 is 0 Å². The van der Waals surface area contributed by atoms with Crippen LogP contribution in [0.5, 0.6) is 0 Å². The quantitative estimate of drug-likeness (QED) is 0.702. The Morgan fingerprint density at radius 1 is 1.62 bits per heavy atom. The van der Waals surface area contributed by atoms with E-state index in [-0.39, 0.29) is 5.41 Å². The largest absolute Gasteiger partial charge is 0.247 e. The van der Waals surface area contributed by atoms with Crippen molar-refractivity contribution in [1.82, 2.24) is 4.98 Å². The van der Waals surface area contributed by atoms with Gasteiger partial charge in [0.05, 0.1) is 10.7 Å². The highest BCUT2D eigenvalue weighted by molar-refractivity contribution is 7.09. The molecule has 0 saturated carbocycles. The molecule has 74 valence electrons. The molecule has 1 unspecified atom stereocenters. The van der Waals surface area contributed by atoms with Crippen LogP contribution in [0.1, 0.15) is 31.0 Å². The van der Waals surface area contributed by atoms with Gasteiger partial charge in [0.2, 0.25) is 0 Å². The first kappa shape index (κ1) is 11.0. The van der Waals surface area contributed by atoms with Crippen LogP contribution in [0.15, 0.2) is 5.38 Å². The molecule has 3 heteroatoms. The van der Waals surface area contributed by atoms with E-state index in [1.165, 1.54) is 5.69 Å². The number of hydrogen-bond acceptors (Lipinski definition) is 2. The molecule has 1 heterocycles. The van der Waals surface area contributed by atoms with E-state index in [1.807, 2.05) is 6.92 Å². The van der Waals surface area contributed by atoms with Gasteiger partial charge in [0.25, 0.3) is 0 Å². The molecular formula is C10H16ClNS. The third kappa shape index (κ3) is 2.96. The second-order valence-electron chi connectivity index (χ2n) is 3.83. The van der Waals surface area contributed by atoms with E-state index >= 15 is 0 Å². The summed E-state index contributed by atoms with van der Waals surface area (Å²) in [7, 11) is 0. The summed E-state index contributed by atoms with van der Waals surface area (Å²) < 4.78 is 0. The molecule has 0 aliphatic heterocycles. The highest BCUT2D eigenvalue weighted by atomic mass is 35.5. The van der Waals surface area contributed by atoms with Gasteiger partial charge in [-0.15, -0.1) is 22.9 Å². The molecule has 0 aliphatic rings. The first-order valence-corrected chi connectivity index (χ1v) is 5.98. The fourth-order valence-corrected chi connectivity index (χ4v) is 2.09. The molecule has 0 spiro atoms. The second-order valence-corrected chi connectivity index (χ2v) is 5.16. The average Bonchev–Trinajstić information content (AvgIpc) is 2.51. The van der Waals surface area contributed by atoms with Crippen molar-refractivity contribution in [3.05, 3.63) is 16.1 Å². The van der Waals surface area contributed by atoms with E-state index in [9.17, 15) is 0 Å². The Bertz CT molecular complexity index is 266. The van der Waals surface area contributed by atoms with Gasteiger partial charge in [-0.25, -0.2) is 4.98 Å². The van der Waals surface area contributed by atoms with E-state index < -0.39 is 0 Å². The predicted molar refractivity (Wildman–Crippen MR) is 59.7 cm³/mol. The maximum Gasteiger partial charge on any atom is 0.0897 e. The van der Waals surface area contributed by atoms with Gasteiger partial charge in [-0.2, -0.15) is 0 Å².